The van der Waals surface area contributed by atoms with Crippen LogP contribution in [0.4, 0.5) is 0 Å². The smallest absolute Gasteiger partial charge is 0.197 e. The van der Waals surface area contributed by atoms with Crippen LogP contribution in [0.5, 0.6) is 0 Å². The summed E-state index contributed by atoms with van der Waals surface area (Å²) in [5.74, 6) is -0.439. The van der Waals surface area contributed by atoms with Crippen LogP contribution in [-0.2, 0) is 28.9 Å². The van der Waals surface area contributed by atoms with E-state index < -0.39 is 20.2 Å². The summed E-state index contributed by atoms with van der Waals surface area (Å²) in [5, 5.41) is 0. The van der Waals surface area contributed by atoms with E-state index in [9.17, 15) is 16.8 Å². The van der Waals surface area contributed by atoms with Crippen molar-refractivity contribution in [1.82, 2.24) is 0 Å². The van der Waals surface area contributed by atoms with Gasteiger partial charge in [-0.15, -0.1) is 0 Å². The van der Waals surface area contributed by atoms with Crippen molar-refractivity contribution in [2.24, 2.45) is 0 Å². The van der Waals surface area contributed by atoms with Gasteiger partial charge < -0.3 is 0 Å². The normalized spacial score (nSPS) is 12.6. The minimum atomic E-state index is -3.94. The zero-order chi connectivity index (χ0) is 16.9. The van der Waals surface area contributed by atoms with Gasteiger partial charge in [0, 0.05) is 0 Å². The molecule has 0 aromatic rings. The van der Waals surface area contributed by atoms with E-state index in [0.717, 1.165) is 51.4 Å². The topological polar surface area (TPSA) is 86.7 Å². The Hall–Kier alpha value is -0.180. The summed E-state index contributed by atoms with van der Waals surface area (Å²) in [4.78, 5) is 0. The summed E-state index contributed by atoms with van der Waals surface area (Å²) in [6.45, 7) is 4.14. The molecule has 0 saturated heterocycles. The van der Waals surface area contributed by atoms with Crippen LogP contribution < -0.4 is 0 Å². The van der Waals surface area contributed by atoms with Crippen molar-refractivity contribution >= 4 is 20.2 Å². The van der Waals surface area contributed by atoms with Crippen LogP contribution in [0.2, 0.25) is 0 Å². The fourth-order valence-electron chi connectivity index (χ4n) is 1.92. The summed E-state index contributed by atoms with van der Waals surface area (Å²) in [6, 6.07) is 0. The molecular formula is C14H30O6S2. The van der Waals surface area contributed by atoms with E-state index in [2.05, 4.69) is 22.5 Å². The summed E-state index contributed by atoms with van der Waals surface area (Å²) in [5.41, 5.74) is 0. The van der Waals surface area contributed by atoms with Crippen molar-refractivity contribution in [2.75, 3.05) is 11.5 Å². The highest BCUT2D eigenvalue weighted by Crippen LogP contribution is 2.09. The molecule has 0 aliphatic heterocycles. The monoisotopic (exact) mass is 358 g/mol. The lowest BCUT2D eigenvalue weighted by Crippen LogP contribution is -2.17. The van der Waals surface area contributed by atoms with E-state index in [0.29, 0.717) is 12.8 Å². The summed E-state index contributed by atoms with van der Waals surface area (Å²) >= 11 is 0. The predicted molar refractivity (Wildman–Crippen MR) is 87.3 cm³/mol. The van der Waals surface area contributed by atoms with Crippen LogP contribution in [0.15, 0.2) is 0 Å². The van der Waals surface area contributed by atoms with E-state index in [1.165, 1.54) is 0 Å². The number of unbranched alkanes of at least 4 members (excludes halogenated alkanes) is 8. The maximum absolute atomic E-state index is 11.5. The van der Waals surface area contributed by atoms with Crippen LogP contribution in [0.1, 0.15) is 78.1 Å². The van der Waals surface area contributed by atoms with Gasteiger partial charge in [-0.25, -0.2) is 0 Å². The van der Waals surface area contributed by atoms with Gasteiger partial charge >= 0.3 is 0 Å². The highest BCUT2D eigenvalue weighted by Gasteiger charge is 2.19. The van der Waals surface area contributed by atoms with E-state index in [-0.39, 0.29) is 11.5 Å². The van der Waals surface area contributed by atoms with Gasteiger partial charge in [0.15, 0.2) is 0 Å². The maximum Gasteiger partial charge on any atom is 0.294 e. The maximum atomic E-state index is 11.5. The van der Waals surface area contributed by atoms with Gasteiger partial charge in [0.2, 0.25) is 0 Å². The van der Waals surface area contributed by atoms with E-state index in [1.807, 2.05) is 0 Å². The third-order valence-electron chi connectivity index (χ3n) is 3.23. The lowest BCUT2D eigenvalue weighted by Gasteiger charge is -2.05. The second kappa shape index (κ2) is 12.3. The number of hydrogen-bond acceptors (Lipinski definition) is 6. The molecule has 0 aliphatic rings. The molecule has 0 fully saturated rings. The fourth-order valence-corrected chi connectivity index (χ4v) is 3.85. The first-order valence-electron chi connectivity index (χ1n) is 8.16. The molecule has 0 amide bonds. The molecule has 0 aliphatic carbocycles. The van der Waals surface area contributed by atoms with E-state index in [4.69, 9.17) is 0 Å². The lowest BCUT2D eigenvalue weighted by atomic mass is 10.2. The Morgan fingerprint density at radius 1 is 0.545 bits per heavy atom. The summed E-state index contributed by atoms with van der Waals surface area (Å²) < 4.78 is 54.4. The molecule has 6 nitrogen and oxygen atoms in total. The average Bonchev–Trinajstić information content (AvgIpc) is 2.45. The van der Waals surface area contributed by atoms with Gasteiger partial charge in [-0.1, -0.05) is 73.9 Å². The highest BCUT2D eigenvalue weighted by atomic mass is 32.2. The molecule has 8 heteroatoms. The summed E-state index contributed by atoms with van der Waals surface area (Å²) in [7, 11) is -7.89. The molecule has 0 radical (unpaired) electrons. The first kappa shape index (κ1) is 21.8. The van der Waals surface area contributed by atoms with Crippen LogP contribution in [0.25, 0.3) is 0 Å². The third-order valence-corrected chi connectivity index (χ3v) is 5.45. The second-order valence-electron chi connectivity index (χ2n) is 5.49. The van der Waals surface area contributed by atoms with Crippen molar-refractivity contribution in [1.29, 1.82) is 0 Å². The zero-order valence-electron chi connectivity index (χ0n) is 13.8. The Balaban J connectivity index is 3.91. The largest absolute Gasteiger partial charge is 0.294 e. The first-order chi connectivity index (χ1) is 10.3. The Bertz CT molecular complexity index is 412. The molecule has 0 aromatic heterocycles. The molecule has 0 saturated carbocycles. The van der Waals surface area contributed by atoms with Crippen molar-refractivity contribution in [3.63, 3.8) is 0 Å². The molecule has 134 valence electrons. The fraction of sp³-hybridized carbons (Fsp3) is 1.00. The minimum absolute atomic E-state index is 0.220. The SMILES string of the molecule is CCCCCCCS(=O)(=O)OOS(=O)(=O)CCCCCCC. The summed E-state index contributed by atoms with van der Waals surface area (Å²) in [6.07, 6.45) is 8.64. The van der Waals surface area contributed by atoms with Crippen LogP contribution in [0.3, 0.4) is 0 Å². The van der Waals surface area contributed by atoms with Gasteiger partial charge in [-0.2, -0.15) is 16.8 Å². The molecular weight excluding hydrogens is 328 g/mol. The van der Waals surface area contributed by atoms with Crippen molar-refractivity contribution < 1.29 is 25.5 Å². The van der Waals surface area contributed by atoms with Gasteiger partial charge in [0.1, 0.15) is 0 Å². The van der Waals surface area contributed by atoms with Crippen LogP contribution in [0, 0.1) is 0 Å². The average molecular weight is 359 g/mol. The molecule has 0 spiro atoms. The molecule has 0 aromatic carbocycles. The first-order valence-corrected chi connectivity index (χ1v) is 11.3. The molecule has 0 unspecified atom stereocenters. The van der Waals surface area contributed by atoms with Crippen molar-refractivity contribution in [3.8, 4) is 0 Å². The predicted octanol–water partition coefficient (Wildman–Crippen LogP) is 3.54. The lowest BCUT2D eigenvalue weighted by molar-refractivity contribution is -0.0850. The zero-order valence-corrected chi connectivity index (χ0v) is 15.4. The van der Waals surface area contributed by atoms with Gasteiger partial charge in [-0.3, -0.25) is 0 Å². The molecule has 0 N–H and O–H groups in total. The van der Waals surface area contributed by atoms with Gasteiger partial charge in [0.05, 0.1) is 11.5 Å². The standard InChI is InChI=1S/C14H30O6S2/c1-3-5-7-9-11-13-21(15,16)19-20-22(17,18)14-12-10-8-6-4-2/h3-14H2,1-2H3. The Kier molecular flexibility index (Phi) is 12.2. The molecule has 22 heavy (non-hydrogen) atoms. The van der Waals surface area contributed by atoms with E-state index in [1.54, 1.807) is 0 Å². The van der Waals surface area contributed by atoms with Crippen LogP contribution >= 0.6 is 0 Å². The minimum Gasteiger partial charge on any atom is -0.197 e. The molecule has 0 rings (SSSR count). The van der Waals surface area contributed by atoms with E-state index >= 15 is 0 Å². The van der Waals surface area contributed by atoms with Crippen molar-refractivity contribution in [3.05, 3.63) is 0 Å². The van der Waals surface area contributed by atoms with Crippen molar-refractivity contribution in [2.45, 2.75) is 78.1 Å². The molecule has 0 bridgehead atoms. The number of hydrogen-bond donors (Lipinski definition) is 0. The van der Waals surface area contributed by atoms with Gasteiger partial charge in [0.25, 0.3) is 20.2 Å². The Morgan fingerprint density at radius 3 is 1.18 bits per heavy atom. The Labute approximate surface area is 135 Å². The van der Waals surface area contributed by atoms with Crippen LogP contribution in [-0.4, -0.2) is 28.3 Å². The highest BCUT2D eigenvalue weighted by molar-refractivity contribution is 7.88. The Morgan fingerprint density at radius 2 is 0.864 bits per heavy atom. The molecule has 0 atom stereocenters. The quantitative estimate of drug-likeness (QED) is 0.253. The molecule has 0 heterocycles. The third kappa shape index (κ3) is 13.5. The number of rotatable bonds is 15. The second-order valence-corrected chi connectivity index (χ2v) is 8.81. The van der Waals surface area contributed by atoms with Gasteiger partial charge in [-0.05, 0) is 12.8 Å².